The van der Waals surface area contributed by atoms with Gasteiger partial charge in [0.05, 0.1) is 0 Å². The molecule has 2 aromatic heterocycles. The maximum atomic E-state index is 6.11. The van der Waals surface area contributed by atoms with E-state index in [1.54, 1.807) is 0 Å². The minimum atomic E-state index is 0.118. The molecule has 6 aromatic carbocycles. The van der Waals surface area contributed by atoms with E-state index >= 15 is 0 Å². The van der Waals surface area contributed by atoms with E-state index in [-0.39, 0.29) is 5.41 Å². The van der Waals surface area contributed by atoms with E-state index in [0.29, 0.717) is 17.5 Å². The molecule has 2 heterocycles. The number of fused-ring (bicyclic) bond motifs is 8. The summed E-state index contributed by atoms with van der Waals surface area (Å²) in [5.74, 6) is 1.94. The molecule has 0 radical (unpaired) electrons. The Morgan fingerprint density at radius 3 is 1.88 bits per heavy atom. The van der Waals surface area contributed by atoms with E-state index in [1.807, 2.05) is 48.5 Å². The molecule has 0 amide bonds. The van der Waals surface area contributed by atoms with Gasteiger partial charge in [-0.05, 0) is 82.6 Å². The first-order valence-corrected chi connectivity index (χ1v) is 17.3. The van der Waals surface area contributed by atoms with E-state index < -0.39 is 0 Å². The summed E-state index contributed by atoms with van der Waals surface area (Å²) in [5.41, 5.74) is 12.9. The van der Waals surface area contributed by atoms with Gasteiger partial charge < -0.3 is 4.42 Å². The van der Waals surface area contributed by atoms with Crippen LogP contribution < -0.4 is 0 Å². The van der Waals surface area contributed by atoms with Gasteiger partial charge in [-0.1, -0.05) is 122 Å². The van der Waals surface area contributed by atoms with Crippen molar-refractivity contribution in [2.24, 2.45) is 0 Å². The molecule has 0 unspecified atom stereocenters. The van der Waals surface area contributed by atoms with Crippen LogP contribution in [-0.2, 0) is 5.41 Å². The fourth-order valence-corrected chi connectivity index (χ4v) is 8.38. The molecule has 234 valence electrons. The van der Waals surface area contributed by atoms with Gasteiger partial charge in [0.15, 0.2) is 17.5 Å². The Morgan fingerprint density at radius 2 is 1.02 bits per heavy atom. The Labute approximate surface area is 285 Å². The molecule has 0 N–H and O–H groups in total. The number of aromatic nitrogens is 3. The van der Waals surface area contributed by atoms with Crippen LogP contribution in [0.15, 0.2) is 144 Å². The topological polar surface area (TPSA) is 51.8 Å². The second-order valence-electron chi connectivity index (χ2n) is 13.5. The maximum absolute atomic E-state index is 6.11. The number of benzene rings is 6. The average molecular weight is 632 g/mol. The minimum absolute atomic E-state index is 0.118. The minimum Gasteiger partial charge on any atom is -0.456 e. The molecular formula is C45H33N3O. The third kappa shape index (κ3) is 4.55. The van der Waals surface area contributed by atoms with E-state index in [0.717, 1.165) is 44.2 Å². The van der Waals surface area contributed by atoms with E-state index in [9.17, 15) is 0 Å². The van der Waals surface area contributed by atoms with Crippen molar-refractivity contribution in [1.29, 1.82) is 0 Å². The molecule has 4 nitrogen and oxygen atoms in total. The summed E-state index contributed by atoms with van der Waals surface area (Å²) >= 11 is 0. The highest BCUT2D eigenvalue weighted by molar-refractivity contribution is 6.06. The molecular weight excluding hydrogens is 599 g/mol. The SMILES string of the molecule is c1ccc(-c2nc(-c3cccc(-c4ccc5c(c4)C4(CCCCC4)c4ccccc4-5)c3)nc(-c3ccc4oc5ccccc5c4c3)n2)cc1. The van der Waals surface area contributed by atoms with Crippen LogP contribution in [0.5, 0.6) is 0 Å². The summed E-state index contributed by atoms with van der Waals surface area (Å²) in [4.78, 5) is 15.2. The zero-order valence-electron chi connectivity index (χ0n) is 27.1. The molecule has 0 bridgehead atoms. The predicted molar refractivity (Wildman–Crippen MR) is 198 cm³/mol. The molecule has 8 aromatic rings. The van der Waals surface area contributed by atoms with Crippen molar-refractivity contribution in [1.82, 2.24) is 15.0 Å². The van der Waals surface area contributed by atoms with Crippen molar-refractivity contribution in [3.8, 4) is 56.4 Å². The van der Waals surface area contributed by atoms with Crippen molar-refractivity contribution < 1.29 is 4.42 Å². The Morgan fingerprint density at radius 1 is 0.408 bits per heavy atom. The summed E-state index contributed by atoms with van der Waals surface area (Å²) in [7, 11) is 0. The Hall–Kier alpha value is -5.87. The molecule has 1 fully saturated rings. The summed E-state index contributed by atoms with van der Waals surface area (Å²) in [6.07, 6.45) is 6.32. The first-order valence-electron chi connectivity index (χ1n) is 17.3. The summed E-state index contributed by atoms with van der Waals surface area (Å²) < 4.78 is 6.11. The van der Waals surface area contributed by atoms with Crippen molar-refractivity contribution in [2.45, 2.75) is 37.5 Å². The zero-order chi connectivity index (χ0) is 32.4. The third-order valence-electron chi connectivity index (χ3n) is 10.7. The Kier molecular flexibility index (Phi) is 6.38. The first kappa shape index (κ1) is 28.2. The van der Waals surface area contributed by atoms with E-state index in [2.05, 4.69) is 91.0 Å². The molecule has 0 aliphatic heterocycles. The smallest absolute Gasteiger partial charge is 0.164 e. The Bertz CT molecular complexity index is 2540. The summed E-state index contributed by atoms with van der Waals surface area (Å²) in [6, 6.07) is 49.4. The number of hydrogen-bond acceptors (Lipinski definition) is 4. The lowest BCUT2D eigenvalue weighted by Gasteiger charge is -2.36. The lowest BCUT2D eigenvalue weighted by atomic mass is 9.67. The quantitative estimate of drug-likeness (QED) is 0.194. The first-order chi connectivity index (χ1) is 24.2. The molecule has 1 saturated carbocycles. The largest absolute Gasteiger partial charge is 0.456 e. The van der Waals surface area contributed by atoms with Crippen molar-refractivity contribution in [2.75, 3.05) is 0 Å². The number of para-hydroxylation sites is 1. The second kappa shape index (κ2) is 11.1. The standard InChI is InChI=1S/C45H33N3O/c1-3-12-29(13-4-1)42-46-43(48-44(47-42)33-21-23-41-37(27-33)36-17-6-8-19-40(36)49-41)32-15-11-14-30(26-32)31-20-22-35-34-16-5-7-18-38(34)45(39(35)28-31)24-9-2-10-25-45/h1,3-8,11-23,26-28H,2,9-10,24-25H2. The van der Waals surface area contributed by atoms with Crippen LogP contribution in [-0.4, -0.2) is 15.0 Å². The van der Waals surface area contributed by atoms with Crippen molar-refractivity contribution >= 4 is 21.9 Å². The molecule has 2 aliphatic rings. The Balaban J connectivity index is 1.10. The van der Waals surface area contributed by atoms with Gasteiger partial charge in [-0.3, -0.25) is 0 Å². The van der Waals surface area contributed by atoms with Crippen LogP contribution in [0.25, 0.3) is 78.4 Å². The fraction of sp³-hybridized carbons (Fsp3) is 0.133. The van der Waals surface area contributed by atoms with Crippen LogP contribution in [0, 0.1) is 0 Å². The second-order valence-corrected chi connectivity index (χ2v) is 13.5. The van der Waals surface area contributed by atoms with Crippen LogP contribution in [0.3, 0.4) is 0 Å². The summed E-state index contributed by atoms with van der Waals surface area (Å²) in [5, 5.41) is 2.13. The highest BCUT2D eigenvalue weighted by atomic mass is 16.3. The summed E-state index contributed by atoms with van der Waals surface area (Å²) in [6.45, 7) is 0. The monoisotopic (exact) mass is 631 g/mol. The fourth-order valence-electron chi connectivity index (χ4n) is 8.38. The zero-order valence-corrected chi connectivity index (χ0v) is 27.1. The highest BCUT2D eigenvalue weighted by Crippen LogP contribution is 2.56. The van der Waals surface area contributed by atoms with Crippen LogP contribution >= 0.6 is 0 Å². The molecule has 10 rings (SSSR count). The predicted octanol–water partition coefficient (Wildman–Crippen LogP) is 11.7. The van der Waals surface area contributed by atoms with Crippen LogP contribution in [0.1, 0.15) is 43.2 Å². The van der Waals surface area contributed by atoms with Crippen molar-refractivity contribution in [3.05, 3.63) is 151 Å². The van der Waals surface area contributed by atoms with E-state index in [1.165, 1.54) is 59.9 Å². The van der Waals surface area contributed by atoms with Gasteiger partial charge in [-0.2, -0.15) is 0 Å². The third-order valence-corrected chi connectivity index (χ3v) is 10.7. The number of nitrogens with zero attached hydrogens (tertiary/aromatic N) is 3. The van der Waals surface area contributed by atoms with Gasteiger partial charge in [0, 0.05) is 32.9 Å². The molecule has 0 saturated heterocycles. The lowest BCUT2D eigenvalue weighted by molar-refractivity contribution is 0.353. The van der Waals surface area contributed by atoms with Gasteiger partial charge in [0.25, 0.3) is 0 Å². The van der Waals surface area contributed by atoms with Crippen molar-refractivity contribution in [3.63, 3.8) is 0 Å². The van der Waals surface area contributed by atoms with Gasteiger partial charge >= 0.3 is 0 Å². The normalized spacial score (nSPS) is 14.7. The lowest BCUT2D eigenvalue weighted by Crippen LogP contribution is -2.28. The van der Waals surface area contributed by atoms with Gasteiger partial charge in [-0.15, -0.1) is 0 Å². The number of hydrogen-bond donors (Lipinski definition) is 0. The number of furan rings is 1. The number of rotatable bonds is 4. The highest BCUT2D eigenvalue weighted by Gasteiger charge is 2.43. The molecule has 2 aliphatic carbocycles. The molecule has 0 atom stereocenters. The van der Waals surface area contributed by atoms with Crippen LogP contribution in [0.2, 0.25) is 0 Å². The molecule has 1 spiro atoms. The van der Waals surface area contributed by atoms with Gasteiger partial charge in [0.2, 0.25) is 0 Å². The van der Waals surface area contributed by atoms with Gasteiger partial charge in [0.1, 0.15) is 11.2 Å². The van der Waals surface area contributed by atoms with E-state index in [4.69, 9.17) is 19.4 Å². The van der Waals surface area contributed by atoms with Gasteiger partial charge in [-0.25, -0.2) is 15.0 Å². The average Bonchev–Trinajstić information content (AvgIpc) is 3.68. The maximum Gasteiger partial charge on any atom is 0.164 e. The molecule has 4 heteroatoms. The van der Waals surface area contributed by atoms with Crippen LogP contribution in [0.4, 0.5) is 0 Å². The molecule has 49 heavy (non-hydrogen) atoms.